The Morgan fingerprint density at radius 2 is 2.26 bits per heavy atom. The third-order valence-corrected chi connectivity index (χ3v) is 5.66. The molecule has 2 amide bonds. The van der Waals surface area contributed by atoms with Gasteiger partial charge in [-0.25, -0.2) is 9.78 Å². The van der Waals surface area contributed by atoms with E-state index in [-0.39, 0.29) is 12.1 Å². The first-order chi connectivity index (χ1) is 15.1. The fourth-order valence-corrected chi connectivity index (χ4v) is 4.14. The Bertz CT molecular complexity index is 1050. The minimum atomic E-state index is -0.0933. The van der Waals surface area contributed by atoms with Crippen LogP contribution in [0, 0.1) is 0 Å². The van der Waals surface area contributed by atoms with Gasteiger partial charge in [0.25, 0.3) is 0 Å². The zero-order valence-corrected chi connectivity index (χ0v) is 18.6. The summed E-state index contributed by atoms with van der Waals surface area (Å²) in [6, 6.07) is 5.76. The van der Waals surface area contributed by atoms with E-state index >= 15 is 0 Å². The molecule has 4 rings (SSSR count). The molecule has 164 valence electrons. The molecule has 0 spiro atoms. The van der Waals surface area contributed by atoms with Crippen molar-refractivity contribution in [1.82, 2.24) is 20.1 Å². The molecule has 1 aliphatic rings. The number of ether oxygens (including phenoxy) is 2. The van der Waals surface area contributed by atoms with Crippen molar-refractivity contribution in [3.05, 3.63) is 36.0 Å². The molecule has 1 fully saturated rings. The monoisotopic (exact) mass is 442 g/mol. The van der Waals surface area contributed by atoms with Gasteiger partial charge < -0.3 is 20.1 Å². The van der Waals surface area contributed by atoms with Crippen LogP contribution in [0.3, 0.4) is 0 Å². The Balaban J connectivity index is 1.48. The average Bonchev–Trinajstić information content (AvgIpc) is 3.49. The smallest absolute Gasteiger partial charge is 0.322 e. The van der Waals surface area contributed by atoms with Crippen LogP contribution in [-0.2, 0) is 11.3 Å². The largest absolute Gasteiger partial charge is 0.496 e. The first-order valence-corrected chi connectivity index (χ1v) is 11.0. The summed E-state index contributed by atoms with van der Waals surface area (Å²) >= 11 is 1.51. The van der Waals surface area contributed by atoms with Crippen LogP contribution in [0.15, 0.2) is 36.0 Å². The number of carbonyl (C=O) groups is 1. The maximum atomic E-state index is 12.1. The number of nitrogens with zero attached hydrogens (tertiary/aromatic N) is 4. The van der Waals surface area contributed by atoms with Gasteiger partial charge in [0.2, 0.25) is 0 Å². The van der Waals surface area contributed by atoms with E-state index in [0.29, 0.717) is 32.1 Å². The van der Waals surface area contributed by atoms with E-state index in [1.54, 1.807) is 18.2 Å². The van der Waals surface area contributed by atoms with Gasteiger partial charge in [-0.15, -0.1) is 11.3 Å². The van der Waals surface area contributed by atoms with Gasteiger partial charge in [0.1, 0.15) is 5.75 Å². The summed E-state index contributed by atoms with van der Waals surface area (Å²) in [4.78, 5) is 18.5. The fraction of sp³-hybridized carbons (Fsp3) is 0.381. The van der Waals surface area contributed by atoms with E-state index in [1.165, 1.54) is 11.3 Å². The van der Waals surface area contributed by atoms with E-state index in [2.05, 4.69) is 15.7 Å². The average molecular weight is 443 g/mol. The number of methoxy groups -OCH3 is 1. The highest BCUT2D eigenvalue weighted by molar-refractivity contribution is 7.14. The molecule has 0 radical (unpaired) electrons. The summed E-state index contributed by atoms with van der Waals surface area (Å²) < 4.78 is 12.8. The van der Waals surface area contributed by atoms with Crippen molar-refractivity contribution in [2.24, 2.45) is 0 Å². The minimum Gasteiger partial charge on any atom is -0.496 e. The molecule has 0 aliphatic carbocycles. The number of hydrogen-bond acceptors (Lipinski definition) is 7. The number of rotatable bonds is 9. The molecule has 3 aromatic rings. The second-order valence-electron chi connectivity index (χ2n) is 7.20. The van der Waals surface area contributed by atoms with E-state index in [9.17, 15) is 4.79 Å². The summed E-state index contributed by atoms with van der Waals surface area (Å²) in [6.07, 6.45) is 3.70. The predicted molar refractivity (Wildman–Crippen MR) is 121 cm³/mol. The Morgan fingerprint density at radius 1 is 1.39 bits per heavy atom. The first kappa shape index (κ1) is 21.1. The van der Waals surface area contributed by atoms with Crippen LogP contribution in [0.25, 0.3) is 11.3 Å². The lowest BCUT2D eigenvalue weighted by molar-refractivity contribution is 0.136. The van der Waals surface area contributed by atoms with Crippen LogP contribution >= 0.6 is 11.3 Å². The van der Waals surface area contributed by atoms with Gasteiger partial charge >= 0.3 is 6.03 Å². The lowest BCUT2D eigenvalue weighted by atomic mass is 10.1. The van der Waals surface area contributed by atoms with Gasteiger partial charge in [-0.1, -0.05) is 0 Å². The fourth-order valence-electron chi connectivity index (χ4n) is 3.40. The number of amides is 2. The molecule has 9 nitrogen and oxygen atoms in total. The molecule has 2 aromatic heterocycles. The van der Waals surface area contributed by atoms with Crippen LogP contribution < -0.4 is 20.3 Å². The highest BCUT2D eigenvalue weighted by atomic mass is 32.1. The molecule has 1 saturated heterocycles. The van der Waals surface area contributed by atoms with E-state index in [4.69, 9.17) is 14.5 Å². The van der Waals surface area contributed by atoms with Gasteiger partial charge in [-0.2, -0.15) is 5.10 Å². The SMILES string of the molecule is CCOCCn1cc(Nc2nc(-c3ccc(N4C[C@@H](C)NC4=O)cc3OC)cs2)cn1. The molecule has 0 bridgehead atoms. The van der Waals surface area contributed by atoms with Crippen LogP contribution in [0.5, 0.6) is 5.75 Å². The Labute approximate surface area is 185 Å². The molecule has 3 heterocycles. The van der Waals surface area contributed by atoms with Gasteiger partial charge in [0, 0.05) is 48.1 Å². The topological polar surface area (TPSA) is 93.5 Å². The normalized spacial score (nSPS) is 15.9. The second kappa shape index (κ2) is 9.36. The van der Waals surface area contributed by atoms with Crippen molar-refractivity contribution >= 4 is 33.9 Å². The molecule has 1 aromatic carbocycles. The molecular formula is C21H26N6O3S. The number of nitrogens with one attached hydrogen (secondary N) is 2. The number of aromatic nitrogens is 3. The maximum absolute atomic E-state index is 12.1. The van der Waals surface area contributed by atoms with E-state index in [1.807, 2.05) is 48.3 Å². The summed E-state index contributed by atoms with van der Waals surface area (Å²) in [5.74, 6) is 0.672. The van der Waals surface area contributed by atoms with Crippen LogP contribution in [0.1, 0.15) is 13.8 Å². The lowest BCUT2D eigenvalue weighted by Crippen LogP contribution is -2.28. The van der Waals surface area contributed by atoms with E-state index in [0.717, 1.165) is 27.8 Å². The maximum Gasteiger partial charge on any atom is 0.322 e. The molecule has 1 aliphatic heterocycles. The molecule has 0 unspecified atom stereocenters. The molecule has 2 N–H and O–H groups in total. The standard InChI is InChI=1S/C21H26N6O3S/c1-4-30-8-7-26-12-15(10-22-26)24-20-25-18(13-31-20)17-6-5-16(9-19(17)29-3)27-11-14(2)23-21(27)28/h5-6,9-10,12-14H,4,7-8,11H2,1-3H3,(H,23,28)(H,24,25)/t14-/m1/s1. The molecular weight excluding hydrogens is 416 g/mol. The summed E-state index contributed by atoms with van der Waals surface area (Å²) in [5.41, 5.74) is 3.35. The van der Waals surface area contributed by atoms with Crippen molar-refractivity contribution in [1.29, 1.82) is 0 Å². The third-order valence-electron chi connectivity index (χ3n) is 4.90. The highest BCUT2D eigenvalue weighted by Crippen LogP contribution is 2.36. The summed E-state index contributed by atoms with van der Waals surface area (Å²) in [5, 5.41) is 13.3. The molecule has 1 atom stereocenters. The Morgan fingerprint density at radius 3 is 3.00 bits per heavy atom. The number of carbonyl (C=O) groups excluding carboxylic acids is 1. The third kappa shape index (κ3) is 4.80. The quantitative estimate of drug-likeness (QED) is 0.491. The predicted octanol–water partition coefficient (Wildman–Crippen LogP) is 3.71. The van der Waals surface area contributed by atoms with Crippen molar-refractivity contribution in [3.63, 3.8) is 0 Å². The van der Waals surface area contributed by atoms with E-state index < -0.39 is 0 Å². The van der Waals surface area contributed by atoms with Gasteiger partial charge in [-0.05, 0) is 26.0 Å². The van der Waals surface area contributed by atoms with Crippen molar-refractivity contribution in [3.8, 4) is 17.0 Å². The first-order valence-electron chi connectivity index (χ1n) is 10.2. The summed E-state index contributed by atoms with van der Waals surface area (Å²) in [6.45, 7) is 6.62. The van der Waals surface area contributed by atoms with Gasteiger partial charge in [-0.3, -0.25) is 9.58 Å². The summed E-state index contributed by atoms with van der Waals surface area (Å²) in [7, 11) is 1.62. The number of urea groups is 1. The molecule has 31 heavy (non-hydrogen) atoms. The van der Waals surface area contributed by atoms with Gasteiger partial charge in [0.15, 0.2) is 5.13 Å². The zero-order valence-electron chi connectivity index (χ0n) is 17.8. The minimum absolute atomic E-state index is 0.0933. The van der Waals surface area contributed by atoms with Crippen LogP contribution in [0.4, 0.5) is 21.3 Å². The van der Waals surface area contributed by atoms with Gasteiger partial charge in [0.05, 0.1) is 37.8 Å². The molecule has 10 heteroatoms. The van der Waals surface area contributed by atoms with Crippen LogP contribution in [-0.4, -0.2) is 53.7 Å². The number of hydrogen-bond donors (Lipinski definition) is 2. The Kier molecular flexibility index (Phi) is 6.38. The molecule has 0 saturated carbocycles. The van der Waals surface area contributed by atoms with Crippen LogP contribution in [0.2, 0.25) is 0 Å². The second-order valence-corrected chi connectivity index (χ2v) is 8.06. The number of benzene rings is 1. The number of anilines is 3. The zero-order chi connectivity index (χ0) is 21.8. The lowest BCUT2D eigenvalue weighted by Gasteiger charge is -2.16. The van der Waals surface area contributed by atoms with Crippen molar-refractivity contribution < 1.29 is 14.3 Å². The van der Waals surface area contributed by atoms with Crippen molar-refractivity contribution in [2.75, 3.05) is 37.1 Å². The number of thiazole rings is 1. The Hall–Kier alpha value is -3.11. The highest BCUT2D eigenvalue weighted by Gasteiger charge is 2.27. The van der Waals surface area contributed by atoms with Crippen molar-refractivity contribution in [2.45, 2.75) is 26.4 Å².